The summed E-state index contributed by atoms with van der Waals surface area (Å²) in [6.07, 6.45) is 3.06. The van der Waals surface area contributed by atoms with Gasteiger partial charge in [0, 0.05) is 12.2 Å². The van der Waals surface area contributed by atoms with E-state index in [4.69, 9.17) is 4.42 Å². The second-order valence-electron chi connectivity index (χ2n) is 6.46. The number of benzene rings is 1. The standard InChI is InChI=1S/C19H23N3O3/c1-13-9-14(2)11-15(10-13)21-19(24)22-7-3-6-17(22)18(23)20-12-16-5-4-8-25-16/h4-5,8-11,17H,3,6-7,12H2,1-2H3,(H,20,23)(H,21,24)/t17-/m0/s1. The van der Waals surface area contributed by atoms with E-state index >= 15 is 0 Å². The highest BCUT2D eigenvalue weighted by Gasteiger charge is 2.34. The predicted molar refractivity (Wildman–Crippen MR) is 95.2 cm³/mol. The number of hydrogen-bond acceptors (Lipinski definition) is 3. The zero-order valence-corrected chi connectivity index (χ0v) is 14.5. The lowest BCUT2D eigenvalue weighted by Crippen LogP contribution is -2.47. The van der Waals surface area contributed by atoms with Crippen LogP contribution in [0, 0.1) is 13.8 Å². The highest BCUT2D eigenvalue weighted by atomic mass is 16.3. The lowest BCUT2D eigenvalue weighted by atomic mass is 10.1. The van der Waals surface area contributed by atoms with Crippen LogP contribution < -0.4 is 10.6 Å². The molecule has 2 aromatic rings. The highest BCUT2D eigenvalue weighted by Crippen LogP contribution is 2.20. The molecule has 2 N–H and O–H groups in total. The first-order valence-corrected chi connectivity index (χ1v) is 8.49. The van der Waals surface area contributed by atoms with E-state index in [9.17, 15) is 9.59 Å². The lowest BCUT2D eigenvalue weighted by molar-refractivity contribution is -0.124. The Balaban J connectivity index is 1.61. The molecule has 1 saturated heterocycles. The van der Waals surface area contributed by atoms with Crippen molar-refractivity contribution >= 4 is 17.6 Å². The predicted octanol–water partition coefficient (Wildman–Crippen LogP) is 3.21. The van der Waals surface area contributed by atoms with Crippen LogP contribution in [0.1, 0.15) is 29.7 Å². The van der Waals surface area contributed by atoms with Gasteiger partial charge in [-0.15, -0.1) is 0 Å². The molecule has 132 valence electrons. The summed E-state index contributed by atoms with van der Waals surface area (Å²) in [6, 6.07) is 8.80. The summed E-state index contributed by atoms with van der Waals surface area (Å²) >= 11 is 0. The number of anilines is 1. The fourth-order valence-corrected chi connectivity index (χ4v) is 3.23. The second-order valence-corrected chi connectivity index (χ2v) is 6.46. The fourth-order valence-electron chi connectivity index (χ4n) is 3.23. The van der Waals surface area contributed by atoms with Gasteiger partial charge in [0.25, 0.3) is 0 Å². The van der Waals surface area contributed by atoms with Crippen LogP contribution >= 0.6 is 0 Å². The van der Waals surface area contributed by atoms with E-state index in [0.29, 0.717) is 25.3 Å². The summed E-state index contributed by atoms with van der Waals surface area (Å²) in [7, 11) is 0. The summed E-state index contributed by atoms with van der Waals surface area (Å²) < 4.78 is 5.21. The third-order valence-corrected chi connectivity index (χ3v) is 4.31. The van der Waals surface area contributed by atoms with E-state index in [0.717, 1.165) is 23.2 Å². The third-order valence-electron chi connectivity index (χ3n) is 4.31. The fraction of sp³-hybridized carbons (Fsp3) is 0.368. The van der Waals surface area contributed by atoms with Gasteiger partial charge in [-0.2, -0.15) is 0 Å². The normalized spacial score (nSPS) is 16.7. The number of aryl methyl sites for hydroxylation is 2. The van der Waals surface area contributed by atoms with Crippen LogP contribution in [0.15, 0.2) is 41.0 Å². The second kappa shape index (κ2) is 7.42. The molecule has 0 aliphatic carbocycles. The van der Waals surface area contributed by atoms with Gasteiger partial charge in [0.1, 0.15) is 11.8 Å². The maximum absolute atomic E-state index is 12.6. The molecule has 1 fully saturated rings. The zero-order valence-electron chi connectivity index (χ0n) is 14.5. The number of likely N-dealkylation sites (tertiary alicyclic amines) is 1. The number of furan rings is 1. The van der Waals surface area contributed by atoms with Crippen molar-refractivity contribution in [2.75, 3.05) is 11.9 Å². The Kier molecular flexibility index (Phi) is 5.07. The van der Waals surface area contributed by atoms with Crippen molar-refractivity contribution in [3.05, 3.63) is 53.5 Å². The zero-order chi connectivity index (χ0) is 17.8. The van der Waals surface area contributed by atoms with Crippen molar-refractivity contribution in [2.24, 2.45) is 0 Å². The van der Waals surface area contributed by atoms with Gasteiger partial charge in [0.2, 0.25) is 5.91 Å². The number of urea groups is 1. The Morgan fingerprint density at radius 1 is 1.24 bits per heavy atom. The van der Waals surface area contributed by atoms with Crippen LogP contribution in [0.25, 0.3) is 0 Å². The van der Waals surface area contributed by atoms with Crippen molar-refractivity contribution in [1.82, 2.24) is 10.2 Å². The average Bonchev–Trinajstić information content (AvgIpc) is 3.23. The molecule has 3 amide bonds. The van der Waals surface area contributed by atoms with Gasteiger partial charge in [-0.05, 0) is 62.1 Å². The van der Waals surface area contributed by atoms with Gasteiger partial charge < -0.3 is 20.0 Å². The molecule has 2 heterocycles. The SMILES string of the molecule is Cc1cc(C)cc(NC(=O)N2CCC[C@H]2C(=O)NCc2ccco2)c1. The molecule has 6 nitrogen and oxygen atoms in total. The molecule has 6 heteroatoms. The maximum atomic E-state index is 12.6. The monoisotopic (exact) mass is 341 g/mol. The van der Waals surface area contributed by atoms with Crippen molar-refractivity contribution in [2.45, 2.75) is 39.3 Å². The highest BCUT2D eigenvalue weighted by molar-refractivity contribution is 5.94. The van der Waals surface area contributed by atoms with Gasteiger partial charge in [-0.25, -0.2) is 4.79 Å². The topological polar surface area (TPSA) is 74.6 Å². The van der Waals surface area contributed by atoms with Crippen molar-refractivity contribution < 1.29 is 14.0 Å². The molecular weight excluding hydrogens is 318 g/mol. The molecule has 0 saturated carbocycles. The molecule has 0 radical (unpaired) electrons. The Bertz CT molecular complexity index is 735. The van der Waals surface area contributed by atoms with E-state index in [-0.39, 0.29) is 11.9 Å². The summed E-state index contributed by atoms with van der Waals surface area (Å²) in [5, 5.41) is 5.75. The number of nitrogens with zero attached hydrogens (tertiary/aromatic N) is 1. The maximum Gasteiger partial charge on any atom is 0.322 e. The van der Waals surface area contributed by atoms with Gasteiger partial charge in [0.05, 0.1) is 12.8 Å². The first-order chi connectivity index (χ1) is 12.0. The van der Waals surface area contributed by atoms with Crippen molar-refractivity contribution in [3.8, 4) is 0 Å². The molecule has 1 aliphatic heterocycles. The minimum atomic E-state index is -0.444. The van der Waals surface area contributed by atoms with Gasteiger partial charge in [0.15, 0.2) is 0 Å². The van der Waals surface area contributed by atoms with E-state index in [2.05, 4.69) is 16.7 Å². The first kappa shape index (κ1) is 17.1. The smallest absolute Gasteiger partial charge is 0.322 e. The third kappa shape index (κ3) is 4.21. The van der Waals surface area contributed by atoms with Crippen LogP contribution in [0.5, 0.6) is 0 Å². The molecule has 1 aromatic carbocycles. The molecule has 1 aliphatic rings. The molecule has 0 bridgehead atoms. The number of rotatable bonds is 4. The number of carbonyl (C=O) groups is 2. The number of hydrogen-bond donors (Lipinski definition) is 2. The van der Waals surface area contributed by atoms with Crippen LogP contribution in [0.3, 0.4) is 0 Å². The number of carbonyl (C=O) groups excluding carboxylic acids is 2. The van der Waals surface area contributed by atoms with Crippen LogP contribution in [-0.4, -0.2) is 29.4 Å². The van der Waals surface area contributed by atoms with Crippen molar-refractivity contribution in [1.29, 1.82) is 0 Å². The summed E-state index contributed by atoms with van der Waals surface area (Å²) in [5.41, 5.74) is 2.93. The Morgan fingerprint density at radius 2 is 2.00 bits per heavy atom. The van der Waals surface area contributed by atoms with Gasteiger partial charge in [-0.3, -0.25) is 4.79 Å². The van der Waals surface area contributed by atoms with E-state index in [1.165, 1.54) is 0 Å². The molecule has 1 aromatic heterocycles. The van der Waals surface area contributed by atoms with Crippen LogP contribution in [0.4, 0.5) is 10.5 Å². The largest absolute Gasteiger partial charge is 0.467 e. The molecular formula is C19H23N3O3. The number of amides is 3. The van der Waals surface area contributed by atoms with Crippen molar-refractivity contribution in [3.63, 3.8) is 0 Å². The van der Waals surface area contributed by atoms with Crippen LogP contribution in [-0.2, 0) is 11.3 Å². The molecule has 1 atom stereocenters. The minimum absolute atomic E-state index is 0.149. The Morgan fingerprint density at radius 3 is 2.68 bits per heavy atom. The average molecular weight is 341 g/mol. The minimum Gasteiger partial charge on any atom is -0.467 e. The summed E-state index contributed by atoms with van der Waals surface area (Å²) in [6.45, 7) is 4.89. The Hall–Kier alpha value is -2.76. The van der Waals surface area contributed by atoms with E-state index in [1.54, 1.807) is 23.3 Å². The van der Waals surface area contributed by atoms with E-state index < -0.39 is 6.04 Å². The van der Waals surface area contributed by atoms with Crippen LogP contribution in [0.2, 0.25) is 0 Å². The lowest BCUT2D eigenvalue weighted by Gasteiger charge is -2.24. The number of nitrogens with one attached hydrogen (secondary N) is 2. The first-order valence-electron chi connectivity index (χ1n) is 8.49. The summed E-state index contributed by atoms with van der Waals surface area (Å²) in [5.74, 6) is 0.544. The Labute approximate surface area is 147 Å². The molecule has 0 unspecified atom stereocenters. The van der Waals surface area contributed by atoms with Gasteiger partial charge >= 0.3 is 6.03 Å². The van der Waals surface area contributed by atoms with E-state index in [1.807, 2.05) is 26.0 Å². The summed E-state index contributed by atoms with van der Waals surface area (Å²) in [4.78, 5) is 26.6. The quantitative estimate of drug-likeness (QED) is 0.897. The molecule has 0 spiro atoms. The molecule has 25 heavy (non-hydrogen) atoms. The molecule has 3 rings (SSSR count). The van der Waals surface area contributed by atoms with Gasteiger partial charge in [-0.1, -0.05) is 6.07 Å².